The normalized spacial score (nSPS) is 22.3. The minimum atomic E-state index is -0.589. The number of amides is 2. The highest BCUT2D eigenvalue weighted by Gasteiger charge is 2.33. The lowest BCUT2D eigenvalue weighted by molar-refractivity contribution is 0.0728. The molecule has 0 fully saturated rings. The number of hydrogen-bond acceptors (Lipinski definition) is 6. The second-order valence-corrected chi connectivity index (χ2v) is 10.3. The van der Waals surface area contributed by atoms with Crippen LogP contribution in [-0.2, 0) is 19.4 Å². The fraction of sp³-hybridized carbons (Fsp3) is 0.357. The summed E-state index contributed by atoms with van der Waals surface area (Å²) in [5, 5.41) is 12.0. The Labute approximate surface area is 215 Å². The first kappa shape index (κ1) is 23.3. The van der Waals surface area contributed by atoms with Crippen molar-refractivity contribution in [3.63, 3.8) is 0 Å². The smallest absolute Gasteiger partial charge is 0.272 e. The molecule has 3 aliphatic rings. The average Bonchev–Trinajstić information content (AvgIpc) is 3.51. The van der Waals surface area contributed by atoms with Gasteiger partial charge in [0.25, 0.3) is 11.8 Å². The van der Waals surface area contributed by atoms with Gasteiger partial charge in [-0.25, -0.2) is 0 Å². The third-order valence-electron chi connectivity index (χ3n) is 7.50. The van der Waals surface area contributed by atoms with Gasteiger partial charge in [-0.2, -0.15) is 0 Å². The van der Waals surface area contributed by atoms with Crippen molar-refractivity contribution in [1.29, 1.82) is 0 Å². The van der Waals surface area contributed by atoms with Crippen molar-refractivity contribution < 1.29 is 9.59 Å². The SMILES string of the molecule is C[C@@H]1CCc2nnc(C3=CC=CC(C)(NC(=O)c4cc5c(cn4)CCN(C(=O)c4ccccn4)C5)C3)n21. The summed E-state index contributed by atoms with van der Waals surface area (Å²) in [6.07, 6.45) is 12.7. The zero-order valence-electron chi connectivity index (χ0n) is 21.0. The Kier molecular flexibility index (Phi) is 5.70. The standard InChI is InChI=1S/C28H29N7O2/c1-18-8-9-24-32-33-25(35(18)24)19-6-5-11-28(2,15-19)31-26(36)23-14-21-17-34(13-10-20(21)16-30-23)27(37)22-7-3-4-12-29-22/h3-7,11-12,14,16,18H,8-10,13,15,17H2,1-2H3,(H,31,36)/t18-,28?/m1/s1. The molecule has 9 heteroatoms. The van der Waals surface area contributed by atoms with Crippen LogP contribution in [0.2, 0.25) is 0 Å². The zero-order chi connectivity index (χ0) is 25.6. The largest absolute Gasteiger partial charge is 0.342 e. The van der Waals surface area contributed by atoms with E-state index in [1.54, 1.807) is 29.4 Å². The fourth-order valence-corrected chi connectivity index (χ4v) is 5.48. The second-order valence-electron chi connectivity index (χ2n) is 10.3. The predicted octanol–water partition coefficient (Wildman–Crippen LogP) is 3.31. The van der Waals surface area contributed by atoms with Crippen molar-refractivity contribution in [1.82, 2.24) is 34.9 Å². The highest BCUT2D eigenvalue weighted by molar-refractivity contribution is 5.94. The van der Waals surface area contributed by atoms with Gasteiger partial charge >= 0.3 is 0 Å². The van der Waals surface area contributed by atoms with Crippen LogP contribution in [0, 0.1) is 0 Å². The van der Waals surface area contributed by atoms with Crippen molar-refractivity contribution in [3.05, 3.63) is 89.1 Å². The van der Waals surface area contributed by atoms with Crippen molar-refractivity contribution in [3.8, 4) is 0 Å². The number of pyridine rings is 2. The minimum absolute atomic E-state index is 0.109. The second kappa shape index (κ2) is 9.06. The zero-order valence-corrected chi connectivity index (χ0v) is 21.0. The number of fused-ring (bicyclic) bond motifs is 2. The van der Waals surface area contributed by atoms with Crippen molar-refractivity contribution in [2.45, 2.75) is 57.7 Å². The van der Waals surface area contributed by atoms with Gasteiger partial charge in [0.15, 0.2) is 5.82 Å². The molecule has 2 amide bonds. The van der Waals surface area contributed by atoms with E-state index >= 15 is 0 Å². The van der Waals surface area contributed by atoms with E-state index in [-0.39, 0.29) is 11.8 Å². The number of nitrogens with zero attached hydrogens (tertiary/aromatic N) is 6. The molecule has 188 valence electrons. The monoisotopic (exact) mass is 495 g/mol. The molecule has 5 heterocycles. The van der Waals surface area contributed by atoms with Crippen molar-refractivity contribution in [2.75, 3.05) is 6.54 Å². The molecular weight excluding hydrogens is 466 g/mol. The summed E-state index contributed by atoms with van der Waals surface area (Å²) < 4.78 is 2.22. The summed E-state index contributed by atoms with van der Waals surface area (Å²) in [6, 6.07) is 7.50. The molecule has 6 rings (SSSR count). The molecule has 9 nitrogen and oxygen atoms in total. The van der Waals surface area contributed by atoms with E-state index in [4.69, 9.17) is 0 Å². The van der Waals surface area contributed by atoms with Gasteiger partial charge in [-0.05, 0) is 61.6 Å². The van der Waals surface area contributed by atoms with E-state index in [2.05, 4.69) is 43.0 Å². The summed E-state index contributed by atoms with van der Waals surface area (Å²) in [5.41, 5.74) is 3.23. The first-order valence-corrected chi connectivity index (χ1v) is 12.7. The van der Waals surface area contributed by atoms with Crippen molar-refractivity contribution in [2.24, 2.45) is 0 Å². The summed E-state index contributed by atoms with van der Waals surface area (Å²) >= 11 is 0. The van der Waals surface area contributed by atoms with Crippen LogP contribution in [0.15, 0.2) is 54.9 Å². The Bertz CT molecular complexity index is 1440. The first-order chi connectivity index (χ1) is 17.9. The molecular formula is C28H29N7O2. The lowest BCUT2D eigenvalue weighted by Gasteiger charge is -2.31. The molecule has 0 saturated heterocycles. The number of carbonyl (C=O) groups excluding carboxylic acids is 2. The fourth-order valence-electron chi connectivity index (χ4n) is 5.48. The lowest BCUT2D eigenvalue weighted by atomic mass is 9.87. The molecule has 0 aromatic carbocycles. The molecule has 1 aliphatic carbocycles. The predicted molar refractivity (Wildman–Crippen MR) is 138 cm³/mol. The average molecular weight is 496 g/mol. The molecule has 0 spiro atoms. The van der Waals surface area contributed by atoms with Crippen LogP contribution >= 0.6 is 0 Å². The maximum absolute atomic E-state index is 13.3. The van der Waals surface area contributed by atoms with E-state index in [0.29, 0.717) is 43.4 Å². The van der Waals surface area contributed by atoms with E-state index in [9.17, 15) is 9.59 Å². The Morgan fingerprint density at radius 2 is 2.00 bits per heavy atom. The van der Waals surface area contributed by atoms with Gasteiger partial charge in [-0.3, -0.25) is 19.6 Å². The maximum atomic E-state index is 13.3. The summed E-state index contributed by atoms with van der Waals surface area (Å²) in [7, 11) is 0. The Morgan fingerprint density at radius 1 is 1.11 bits per heavy atom. The molecule has 2 aliphatic heterocycles. The van der Waals surface area contributed by atoms with Gasteiger partial charge in [0, 0.05) is 44.4 Å². The van der Waals surface area contributed by atoms with Gasteiger partial charge in [0.05, 0.1) is 5.54 Å². The number of aryl methyl sites for hydroxylation is 1. The summed E-state index contributed by atoms with van der Waals surface area (Å²) in [5.74, 6) is 1.55. The number of aromatic nitrogens is 5. The number of allylic oxidation sites excluding steroid dienone is 2. The molecule has 0 bridgehead atoms. The van der Waals surface area contributed by atoms with Crippen LogP contribution in [0.3, 0.4) is 0 Å². The van der Waals surface area contributed by atoms with Crippen LogP contribution in [0.5, 0.6) is 0 Å². The van der Waals surface area contributed by atoms with Gasteiger partial charge < -0.3 is 14.8 Å². The number of nitrogens with one attached hydrogen (secondary N) is 1. The molecule has 0 saturated carbocycles. The number of carbonyl (C=O) groups is 2. The maximum Gasteiger partial charge on any atom is 0.272 e. The van der Waals surface area contributed by atoms with E-state index in [0.717, 1.165) is 41.2 Å². The Hall–Kier alpha value is -4.14. The summed E-state index contributed by atoms with van der Waals surface area (Å²) in [6.45, 7) is 5.22. The number of hydrogen-bond donors (Lipinski definition) is 1. The van der Waals surface area contributed by atoms with Crippen LogP contribution in [0.1, 0.15) is 76.5 Å². The van der Waals surface area contributed by atoms with Gasteiger partial charge in [0.2, 0.25) is 0 Å². The Morgan fingerprint density at radius 3 is 2.84 bits per heavy atom. The molecule has 3 aromatic rings. The van der Waals surface area contributed by atoms with Gasteiger partial charge in [0.1, 0.15) is 17.2 Å². The van der Waals surface area contributed by atoms with Crippen LogP contribution in [0.4, 0.5) is 0 Å². The van der Waals surface area contributed by atoms with Gasteiger partial charge in [-0.15, -0.1) is 10.2 Å². The molecule has 1 N–H and O–H groups in total. The highest BCUT2D eigenvalue weighted by atomic mass is 16.2. The minimum Gasteiger partial charge on any atom is -0.342 e. The third-order valence-corrected chi connectivity index (χ3v) is 7.50. The van der Waals surface area contributed by atoms with Gasteiger partial charge in [-0.1, -0.05) is 24.3 Å². The van der Waals surface area contributed by atoms with E-state index in [1.807, 2.05) is 31.2 Å². The van der Waals surface area contributed by atoms with Crippen LogP contribution in [0.25, 0.3) is 5.57 Å². The lowest BCUT2D eigenvalue weighted by Crippen LogP contribution is -2.45. The van der Waals surface area contributed by atoms with E-state index in [1.165, 1.54) is 0 Å². The van der Waals surface area contributed by atoms with Crippen LogP contribution in [-0.4, -0.2) is 53.5 Å². The van der Waals surface area contributed by atoms with Crippen molar-refractivity contribution >= 4 is 17.4 Å². The molecule has 0 radical (unpaired) electrons. The molecule has 3 aromatic heterocycles. The van der Waals surface area contributed by atoms with Crippen LogP contribution < -0.4 is 5.32 Å². The number of rotatable bonds is 4. The third kappa shape index (κ3) is 4.34. The molecule has 37 heavy (non-hydrogen) atoms. The highest BCUT2D eigenvalue weighted by Crippen LogP contribution is 2.34. The quantitative estimate of drug-likeness (QED) is 0.595. The molecule has 1 unspecified atom stereocenters. The summed E-state index contributed by atoms with van der Waals surface area (Å²) in [4.78, 5) is 36.6. The topological polar surface area (TPSA) is 106 Å². The Balaban J connectivity index is 1.17. The first-order valence-electron chi connectivity index (χ1n) is 12.7. The van der Waals surface area contributed by atoms with E-state index < -0.39 is 5.54 Å². The molecule has 2 atom stereocenters.